The topological polar surface area (TPSA) is 113 Å². The first-order valence-electron chi connectivity index (χ1n) is 3.83. The molecule has 0 unspecified atom stereocenters. The third-order valence-electron chi connectivity index (χ3n) is 1.45. The number of methoxy groups -OCH3 is 1. The summed E-state index contributed by atoms with van der Waals surface area (Å²) in [7, 11) is -1.86. The monoisotopic (exact) mass is 240 g/mol. The zero-order chi connectivity index (χ0) is 12.1. The molecule has 0 bridgehead atoms. The predicted octanol–water partition coefficient (Wildman–Crippen LogP) is -1.01. The number of aliphatic carboxylic acids is 1. The van der Waals surface area contributed by atoms with Crippen LogP contribution < -0.4 is 4.72 Å². The minimum atomic E-state index is -4.02. The van der Waals surface area contributed by atoms with Gasteiger partial charge >= 0.3 is 22.3 Å². The van der Waals surface area contributed by atoms with Crippen LogP contribution in [0.5, 0.6) is 0 Å². The van der Waals surface area contributed by atoms with Gasteiger partial charge in [-0.2, -0.15) is 12.7 Å². The number of carboxylic acid groups (broad SMARTS) is 1. The number of nitrogens with zero attached hydrogens (tertiary/aromatic N) is 1. The van der Waals surface area contributed by atoms with E-state index in [0.717, 1.165) is 14.2 Å². The Kier molecular flexibility index (Phi) is 5.02. The number of carbonyl (C=O) groups is 2. The smallest absolute Gasteiger partial charge is 0.421 e. The van der Waals surface area contributed by atoms with Crippen molar-refractivity contribution in [1.29, 1.82) is 0 Å². The van der Waals surface area contributed by atoms with Crippen molar-refractivity contribution in [2.75, 3.05) is 20.7 Å². The Balaban J connectivity index is 4.33. The van der Waals surface area contributed by atoms with Crippen LogP contribution in [0.4, 0.5) is 4.79 Å². The first kappa shape index (κ1) is 13.7. The van der Waals surface area contributed by atoms with E-state index in [0.29, 0.717) is 4.31 Å². The molecule has 0 spiro atoms. The first-order chi connectivity index (χ1) is 6.79. The fourth-order valence-electron chi connectivity index (χ4n) is 0.598. The van der Waals surface area contributed by atoms with E-state index in [4.69, 9.17) is 5.11 Å². The summed E-state index contributed by atoms with van der Waals surface area (Å²) in [5.41, 5.74) is 0. The lowest BCUT2D eigenvalue weighted by atomic mass is 10.4. The summed E-state index contributed by atoms with van der Waals surface area (Å²) in [6, 6.07) is 0. The van der Waals surface area contributed by atoms with Crippen LogP contribution in [0.2, 0.25) is 0 Å². The van der Waals surface area contributed by atoms with Gasteiger partial charge in [-0.25, -0.2) is 9.52 Å². The van der Waals surface area contributed by atoms with Crippen LogP contribution >= 0.6 is 0 Å². The Hall–Kier alpha value is -1.35. The highest BCUT2D eigenvalue weighted by Crippen LogP contribution is 1.96. The molecule has 88 valence electrons. The Labute approximate surface area is 87.0 Å². The molecule has 0 aliphatic rings. The number of carbonyl (C=O) groups excluding carboxylic acids is 1. The average molecular weight is 240 g/mol. The van der Waals surface area contributed by atoms with E-state index in [1.165, 1.54) is 0 Å². The molecule has 15 heavy (non-hydrogen) atoms. The Morgan fingerprint density at radius 1 is 1.47 bits per heavy atom. The molecule has 0 aromatic rings. The van der Waals surface area contributed by atoms with Crippen molar-refractivity contribution in [3.05, 3.63) is 0 Å². The maximum Gasteiger partial charge on any atom is 0.421 e. The van der Waals surface area contributed by atoms with E-state index in [1.807, 2.05) is 0 Å². The molecular formula is C6H12N2O6S. The van der Waals surface area contributed by atoms with Crippen LogP contribution in [0.15, 0.2) is 0 Å². The van der Waals surface area contributed by atoms with Crippen molar-refractivity contribution in [2.24, 2.45) is 0 Å². The van der Waals surface area contributed by atoms with Crippen LogP contribution in [0.25, 0.3) is 0 Å². The highest BCUT2D eigenvalue weighted by Gasteiger charge is 2.21. The number of carboxylic acids is 1. The van der Waals surface area contributed by atoms with Crippen LogP contribution in [-0.4, -0.2) is 50.6 Å². The van der Waals surface area contributed by atoms with Gasteiger partial charge in [0.2, 0.25) is 0 Å². The first-order valence-corrected chi connectivity index (χ1v) is 5.27. The van der Waals surface area contributed by atoms with E-state index >= 15 is 0 Å². The summed E-state index contributed by atoms with van der Waals surface area (Å²) in [6.07, 6.45) is -1.48. The van der Waals surface area contributed by atoms with Gasteiger partial charge in [0, 0.05) is 13.6 Å². The lowest BCUT2D eigenvalue weighted by molar-refractivity contribution is -0.137. The molecule has 0 saturated heterocycles. The van der Waals surface area contributed by atoms with Crippen LogP contribution in [0, 0.1) is 0 Å². The number of hydrogen-bond acceptors (Lipinski definition) is 5. The van der Waals surface area contributed by atoms with E-state index in [1.54, 1.807) is 4.72 Å². The van der Waals surface area contributed by atoms with Crippen molar-refractivity contribution in [3.63, 3.8) is 0 Å². The van der Waals surface area contributed by atoms with Crippen molar-refractivity contribution in [1.82, 2.24) is 9.03 Å². The summed E-state index contributed by atoms with van der Waals surface area (Å²) in [5.74, 6) is -1.13. The number of rotatable bonds is 5. The van der Waals surface area contributed by atoms with Crippen molar-refractivity contribution in [2.45, 2.75) is 6.42 Å². The summed E-state index contributed by atoms with van der Waals surface area (Å²) in [4.78, 5) is 20.8. The zero-order valence-electron chi connectivity index (χ0n) is 8.26. The second kappa shape index (κ2) is 5.51. The molecule has 2 N–H and O–H groups in total. The molecule has 1 amide bonds. The Bertz CT molecular complexity index is 338. The summed E-state index contributed by atoms with van der Waals surface area (Å²) >= 11 is 0. The molecule has 0 heterocycles. The summed E-state index contributed by atoms with van der Waals surface area (Å²) < 4.78 is 28.8. The minimum absolute atomic E-state index is 0.234. The van der Waals surface area contributed by atoms with Gasteiger partial charge in [0.1, 0.15) is 0 Å². The quantitative estimate of drug-likeness (QED) is 0.636. The van der Waals surface area contributed by atoms with E-state index in [9.17, 15) is 18.0 Å². The molecule has 0 atom stereocenters. The molecule has 0 radical (unpaired) electrons. The summed E-state index contributed by atoms with van der Waals surface area (Å²) in [6.45, 7) is -0.234. The van der Waals surface area contributed by atoms with Crippen molar-refractivity contribution in [3.8, 4) is 0 Å². The number of ether oxygens (including phenoxy) is 1. The standard InChI is InChI=1S/C6H12N2O6S/c1-8(4-3-5(9)10)15(12,13)7-6(11)14-2/h3-4H2,1-2H3,(H,7,11)(H,9,10). The van der Waals surface area contributed by atoms with Gasteiger partial charge < -0.3 is 9.84 Å². The molecule has 0 fully saturated rings. The third kappa shape index (κ3) is 5.18. The van der Waals surface area contributed by atoms with Gasteiger partial charge in [0.15, 0.2) is 0 Å². The SMILES string of the molecule is COC(=O)NS(=O)(=O)N(C)CCC(=O)O. The lowest BCUT2D eigenvalue weighted by Crippen LogP contribution is -2.42. The van der Waals surface area contributed by atoms with Gasteiger partial charge in [0.05, 0.1) is 13.5 Å². The van der Waals surface area contributed by atoms with E-state index in [2.05, 4.69) is 4.74 Å². The molecule has 0 rings (SSSR count). The summed E-state index contributed by atoms with van der Waals surface area (Å²) in [5, 5.41) is 8.32. The fourth-order valence-corrected chi connectivity index (χ4v) is 1.38. The van der Waals surface area contributed by atoms with Crippen LogP contribution in [-0.2, 0) is 19.7 Å². The number of amides is 1. The molecule has 0 aromatic carbocycles. The largest absolute Gasteiger partial charge is 0.481 e. The van der Waals surface area contributed by atoms with Gasteiger partial charge in [-0.3, -0.25) is 4.79 Å². The van der Waals surface area contributed by atoms with Crippen LogP contribution in [0.3, 0.4) is 0 Å². The number of hydrogen-bond donors (Lipinski definition) is 2. The Morgan fingerprint density at radius 3 is 2.40 bits per heavy atom. The van der Waals surface area contributed by atoms with Gasteiger partial charge in [-0.1, -0.05) is 0 Å². The Morgan fingerprint density at radius 2 is 2.00 bits per heavy atom. The maximum atomic E-state index is 11.2. The second-order valence-electron chi connectivity index (χ2n) is 2.56. The van der Waals surface area contributed by atoms with Crippen LogP contribution in [0.1, 0.15) is 6.42 Å². The molecule has 9 heteroatoms. The highest BCUT2D eigenvalue weighted by molar-refractivity contribution is 7.87. The molecular weight excluding hydrogens is 228 g/mol. The van der Waals surface area contributed by atoms with Crippen molar-refractivity contribution >= 4 is 22.3 Å². The van der Waals surface area contributed by atoms with Gasteiger partial charge in [-0.05, 0) is 0 Å². The third-order valence-corrected chi connectivity index (χ3v) is 2.88. The molecule has 0 aromatic heterocycles. The average Bonchev–Trinajstić information content (AvgIpc) is 2.13. The van der Waals surface area contributed by atoms with Gasteiger partial charge in [-0.15, -0.1) is 0 Å². The maximum absolute atomic E-state index is 11.2. The molecule has 0 aliphatic carbocycles. The molecule has 0 saturated carbocycles. The van der Waals surface area contributed by atoms with E-state index < -0.39 is 22.3 Å². The predicted molar refractivity (Wildman–Crippen MR) is 49.3 cm³/mol. The fraction of sp³-hybridized carbons (Fsp3) is 0.667. The zero-order valence-corrected chi connectivity index (χ0v) is 9.07. The number of nitrogens with one attached hydrogen (secondary N) is 1. The normalized spacial score (nSPS) is 11.1. The van der Waals surface area contributed by atoms with Gasteiger partial charge in [0.25, 0.3) is 0 Å². The molecule has 8 nitrogen and oxygen atoms in total. The lowest BCUT2D eigenvalue weighted by Gasteiger charge is -2.15. The second-order valence-corrected chi connectivity index (χ2v) is 4.34. The highest BCUT2D eigenvalue weighted by atomic mass is 32.2. The minimum Gasteiger partial charge on any atom is -0.481 e. The van der Waals surface area contributed by atoms with Crippen molar-refractivity contribution < 1.29 is 27.9 Å². The molecule has 0 aliphatic heterocycles. The van der Waals surface area contributed by atoms with E-state index in [-0.39, 0.29) is 13.0 Å².